The summed E-state index contributed by atoms with van der Waals surface area (Å²) in [5.74, 6) is 0.714. The third-order valence-corrected chi connectivity index (χ3v) is 3.53. The molecule has 0 aliphatic carbocycles. The van der Waals surface area contributed by atoms with Crippen molar-refractivity contribution in [2.45, 2.75) is 19.1 Å². The van der Waals surface area contributed by atoms with E-state index in [4.69, 9.17) is 14.6 Å². The highest BCUT2D eigenvalue weighted by molar-refractivity contribution is 5.92. The van der Waals surface area contributed by atoms with Gasteiger partial charge in [0, 0.05) is 12.6 Å². The van der Waals surface area contributed by atoms with Crippen LogP contribution in [0.25, 0.3) is 6.08 Å². The number of rotatable bonds is 4. The van der Waals surface area contributed by atoms with Gasteiger partial charge >= 0.3 is 0 Å². The van der Waals surface area contributed by atoms with Gasteiger partial charge in [-0.25, -0.2) is 0 Å². The molecule has 5 heteroatoms. The number of aliphatic hydroxyl groups is 1. The number of carbonyl (C=O) groups is 1. The Labute approximate surface area is 124 Å². The Bertz CT molecular complexity index is 498. The second-order valence-electron chi connectivity index (χ2n) is 5.08. The molecule has 0 radical (unpaired) electrons. The molecule has 1 amide bonds. The molecular formula is C16H21NO4. The smallest absolute Gasteiger partial charge is 0.246 e. The van der Waals surface area contributed by atoms with Crippen LogP contribution in [0.4, 0.5) is 0 Å². The van der Waals surface area contributed by atoms with E-state index in [1.54, 1.807) is 24.2 Å². The number of methoxy groups -OCH3 is 1. The zero-order chi connectivity index (χ0) is 15.2. The van der Waals surface area contributed by atoms with E-state index >= 15 is 0 Å². The summed E-state index contributed by atoms with van der Waals surface area (Å²) >= 11 is 0. The average molecular weight is 291 g/mol. The molecule has 1 saturated heterocycles. The molecule has 1 aromatic carbocycles. The van der Waals surface area contributed by atoms with Crippen LogP contribution in [0.5, 0.6) is 5.75 Å². The summed E-state index contributed by atoms with van der Waals surface area (Å²) in [4.78, 5) is 14.0. The van der Waals surface area contributed by atoms with Crippen molar-refractivity contribution in [3.05, 3.63) is 35.9 Å². The number of aliphatic hydroxyl groups excluding tert-OH is 1. The van der Waals surface area contributed by atoms with Crippen molar-refractivity contribution in [2.24, 2.45) is 0 Å². The fourth-order valence-electron chi connectivity index (χ4n) is 2.21. The van der Waals surface area contributed by atoms with Gasteiger partial charge < -0.3 is 19.5 Å². The number of benzene rings is 1. The van der Waals surface area contributed by atoms with Gasteiger partial charge in [-0.3, -0.25) is 4.79 Å². The minimum atomic E-state index is -0.292. The largest absolute Gasteiger partial charge is 0.497 e. The minimum Gasteiger partial charge on any atom is -0.497 e. The summed E-state index contributed by atoms with van der Waals surface area (Å²) in [6, 6.07) is 7.50. The van der Waals surface area contributed by atoms with Crippen molar-refractivity contribution < 1.29 is 19.4 Å². The van der Waals surface area contributed by atoms with E-state index in [9.17, 15) is 4.79 Å². The van der Waals surface area contributed by atoms with E-state index in [0.29, 0.717) is 13.2 Å². The third kappa shape index (κ3) is 4.06. The van der Waals surface area contributed by atoms with Gasteiger partial charge in [-0.15, -0.1) is 0 Å². The molecule has 1 aromatic rings. The van der Waals surface area contributed by atoms with Crippen LogP contribution in [0.1, 0.15) is 12.5 Å². The van der Waals surface area contributed by atoms with Gasteiger partial charge in [0.2, 0.25) is 5.91 Å². The summed E-state index contributed by atoms with van der Waals surface area (Å²) in [6.45, 7) is 2.74. The predicted octanol–water partition coefficient (Wildman–Crippen LogP) is 1.32. The van der Waals surface area contributed by atoms with Crippen molar-refractivity contribution >= 4 is 12.0 Å². The lowest BCUT2D eigenvalue weighted by molar-refractivity contribution is -0.140. The SMILES string of the molecule is COc1ccc(/C=C/C(=O)N2CC(CO)OCC2C)cc1. The molecule has 0 bridgehead atoms. The topological polar surface area (TPSA) is 59.0 Å². The molecule has 1 N–H and O–H groups in total. The molecule has 1 aliphatic heterocycles. The molecule has 0 spiro atoms. The highest BCUT2D eigenvalue weighted by Crippen LogP contribution is 2.14. The Morgan fingerprint density at radius 3 is 2.81 bits per heavy atom. The Morgan fingerprint density at radius 2 is 2.19 bits per heavy atom. The van der Waals surface area contributed by atoms with Crippen molar-refractivity contribution in [2.75, 3.05) is 26.9 Å². The first-order valence-corrected chi connectivity index (χ1v) is 6.99. The quantitative estimate of drug-likeness (QED) is 0.850. The lowest BCUT2D eigenvalue weighted by Crippen LogP contribution is -2.51. The Hall–Kier alpha value is -1.85. The number of amides is 1. The van der Waals surface area contributed by atoms with Crippen molar-refractivity contribution in [3.8, 4) is 5.75 Å². The van der Waals surface area contributed by atoms with E-state index in [2.05, 4.69) is 0 Å². The average Bonchev–Trinajstić information content (AvgIpc) is 2.53. The van der Waals surface area contributed by atoms with Crippen LogP contribution >= 0.6 is 0 Å². The minimum absolute atomic E-state index is 0.0146. The molecule has 0 aromatic heterocycles. The Morgan fingerprint density at radius 1 is 1.48 bits per heavy atom. The van der Waals surface area contributed by atoms with Gasteiger partial charge in [0.1, 0.15) is 5.75 Å². The fourth-order valence-corrected chi connectivity index (χ4v) is 2.21. The van der Waals surface area contributed by atoms with Crippen molar-refractivity contribution in [1.29, 1.82) is 0 Å². The normalized spacial score (nSPS) is 22.5. The molecule has 1 heterocycles. The summed E-state index contributed by atoms with van der Waals surface area (Å²) in [5.41, 5.74) is 0.934. The van der Waals surface area contributed by atoms with E-state index in [1.807, 2.05) is 31.2 Å². The molecule has 0 saturated carbocycles. The molecule has 1 aliphatic rings. The van der Waals surface area contributed by atoms with Crippen LogP contribution in [-0.4, -0.2) is 54.9 Å². The number of hydrogen-bond acceptors (Lipinski definition) is 4. The van der Waals surface area contributed by atoms with Crippen LogP contribution in [-0.2, 0) is 9.53 Å². The van der Waals surface area contributed by atoms with Crippen LogP contribution < -0.4 is 4.74 Å². The maximum Gasteiger partial charge on any atom is 0.246 e. The number of hydrogen-bond donors (Lipinski definition) is 1. The number of nitrogens with zero attached hydrogens (tertiary/aromatic N) is 1. The zero-order valence-electron chi connectivity index (χ0n) is 12.4. The zero-order valence-corrected chi connectivity index (χ0v) is 12.4. The van der Waals surface area contributed by atoms with Crippen LogP contribution in [0.3, 0.4) is 0 Å². The third-order valence-electron chi connectivity index (χ3n) is 3.53. The first-order valence-electron chi connectivity index (χ1n) is 6.99. The van der Waals surface area contributed by atoms with Gasteiger partial charge in [0.05, 0.1) is 32.5 Å². The van der Waals surface area contributed by atoms with E-state index in [-0.39, 0.29) is 24.7 Å². The monoisotopic (exact) mass is 291 g/mol. The van der Waals surface area contributed by atoms with Gasteiger partial charge in [0.15, 0.2) is 0 Å². The maximum atomic E-state index is 12.2. The van der Waals surface area contributed by atoms with Gasteiger partial charge in [0.25, 0.3) is 0 Å². The van der Waals surface area contributed by atoms with Crippen LogP contribution in [0, 0.1) is 0 Å². The summed E-state index contributed by atoms with van der Waals surface area (Å²) in [5, 5.41) is 9.14. The first kappa shape index (κ1) is 15.5. The molecule has 1 fully saturated rings. The maximum absolute atomic E-state index is 12.2. The van der Waals surface area contributed by atoms with Gasteiger partial charge in [-0.2, -0.15) is 0 Å². The highest BCUT2D eigenvalue weighted by Gasteiger charge is 2.27. The van der Waals surface area contributed by atoms with Gasteiger partial charge in [-0.05, 0) is 30.7 Å². The number of carbonyl (C=O) groups excluding carboxylic acids is 1. The van der Waals surface area contributed by atoms with E-state index in [1.165, 1.54) is 0 Å². The lowest BCUT2D eigenvalue weighted by atomic mass is 10.1. The number of ether oxygens (including phenoxy) is 2. The molecule has 21 heavy (non-hydrogen) atoms. The molecule has 5 nitrogen and oxygen atoms in total. The lowest BCUT2D eigenvalue weighted by Gasteiger charge is -2.36. The Balaban J connectivity index is 2.00. The molecule has 114 valence electrons. The summed E-state index contributed by atoms with van der Waals surface area (Å²) in [7, 11) is 1.62. The summed E-state index contributed by atoms with van der Waals surface area (Å²) in [6.07, 6.45) is 3.04. The summed E-state index contributed by atoms with van der Waals surface area (Å²) < 4.78 is 10.5. The Kier molecular flexibility index (Phi) is 5.36. The molecule has 2 unspecified atom stereocenters. The first-order chi connectivity index (χ1) is 10.1. The number of morpholine rings is 1. The molecule has 2 atom stereocenters. The molecule has 2 rings (SSSR count). The van der Waals surface area contributed by atoms with E-state index < -0.39 is 0 Å². The highest BCUT2D eigenvalue weighted by atomic mass is 16.5. The van der Waals surface area contributed by atoms with Crippen LogP contribution in [0.15, 0.2) is 30.3 Å². The second kappa shape index (κ2) is 7.24. The van der Waals surface area contributed by atoms with Gasteiger partial charge in [-0.1, -0.05) is 12.1 Å². The van der Waals surface area contributed by atoms with Crippen molar-refractivity contribution in [3.63, 3.8) is 0 Å². The van der Waals surface area contributed by atoms with E-state index in [0.717, 1.165) is 11.3 Å². The van der Waals surface area contributed by atoms with Crippen LogP contribution in [0.2, 0.25) is 0 Å². The second-order valence-corrected chi connectivity index (χ2v) is 5.08. The fraction of sp³-hybridized carbons (Fsp3) is 0.438. The van der Waals surface area contributed by atoms with Crippen molar-refractivity contribution in [1.82, 2.24) is 4.90 Å². The predicted molar refractivity (Wildman–Crippen MR) is 80.0 cm³/mol. The standard InChI is InChI=1S/C16H21NO4/c1-12-11-21-15(10-18)9-17(12)16(19)8-5-13-3-6-14(20-2)7-4-13/h3-8,12,15,18H,9-11H2,1-2H3/b8-5+. The molecular weight excluding hydrogens is 270 g/mol.